The second-order valence-corrected chi connectivity index (χ2v) is 8.82. The number of rotatable bonds is 8. The maximum absolute atomic E-state index is 12.0. The molecule has 4 nitrogen and oxygen atoms in total. The van der Waals surface area contributed by atoms with Crippen molar-refractivity contribution in [3.05, 3.63) is 71.8 Å². The van der Waals surface area contributed by atoms with Crippen LogP contribution in [0.2, 0.25) is 0 Å². The molecule has 0 aliphatic carbocycles. The van der Waals surface area contributed by atoms with Gasteiger partial charge in [0, 0.05) is 10.8 Å². The molecule has 0 fully saturated rings. The first-order valence-electron chi connectivity index (χ1n) is 10.8. The Morgan fingerprint density at radius 2 is 1.45 bits per heavy atom. The van der Waals surface area contributed by atoms with E-state index in [2.05, 4.69) is 38.1 Å². The molecule has 3 aromatic carbocycles. The Morgan fingerprint density at radius 3 is 2.00 bits per heavy atom. The van der Waals surface area contributed by atoms with Crippen LogP contribution in [0, 0.1) is 0 Å². The van der Waals surface area contributed by atoms with Crippen molar-refractivity contribution >= 4 is 16.7 Å². The molecule has 0 aromatic heterocycles. The predicted octanol–water partition coefficient (Wildman–Crippen LogP) is 6.65. The fourth-order valence-corrected chi connectivity index (χ4v) is 3.34. The monoisotopic (exact) mass is 420 g/mol. The third-order valence-electron chi connectivity index (χ3n) is 5.17. The van der Waals surface area contributed by atoms with Crippen LogP contribution in [-0.4, -0.2) is 18.2 Å². The van der Waals surface area contributed by atoms with Gasteiger partial charge in [-0.1, -0.05) is 62.4 Å². The van der Waals surface area contributed by atoms with E-state index < -0.39 is 11.6 Å². The van der Waals surface area contributed by atoms with E-state index >= 15 is 0 Å². The minimum Gasteiger partial charge on any atom is -0.488 e. The first-order chi connectivity index (χ1) is 14.8. The molecule has 4 heteroatoms. The van der Waals surface area contributed by atoms with Crippen molar-refractivity contribution in [2.45, 2.75) is 59.2 Å². The SMILES string of the molecule is CCC(C)c1ccc(COc2ccc(OCC(=O)OC(C)(C)C)c3ccccc23)cc1. The van der Waals surface area contributed by atoms with Crippen LogP contribution in [0.4, 0.5) is 0 Å². The molecule has 0 aliphatic rings. The molecule has 1 unspecified atom stereocenters. The lowest BCUT2D eigenvalue weighted by molar-refractivity contribution is -0.157. The van der Waals surface area contributed by atoms with Gasteiger partial charge in [-0.3, -0.25) is 0 Å². The normalized spacial score (nSPS) is 12.4. The molecule has 0 spiro atoms. The quantitative estimate of drug-likeness (QED) is 0.383. The fraction of sp³-hybridized carbons (Fsp3) is 0.370. The van der Waals surface area contributed by atoms with E-state index in [1.807, 2.05) is 57.2 Å². The third-order valence-corrected chi connectivity index (χ3v) is 5.17. The predicted molar refractivity (Wildman–Crippen MR) is 125 cm³/mol. The van der Waals surface area contributed by atoms with Gasteiger partial charge in [-0.05, 0) is 56.4 Å². The van der Waals surface area contributed by atoms with E-state index in [-0.39, 0.29) is 6.61 Å². The first kappa shape index (κ1) is 22.7. The Labute approximate surface area is 185 Å². The maximum Gasteiger partial charge on any atom is 0.344 e. The lowest BCUT2D eigenvalue weighted by atomic mass is 9.98. The molecule has 0 radical (unpaired) electrons. The van der Waals surface area contributed by atoms with E-state index in [9.17, 15) is 4.79 Å². The van der Waals surface area contributed by atoms with Crippen molar-refractivity contribution in [3.63, 3.8) is 0 Å². The molecule has 0 saturated heterocycles. The van der Waals surface area contributed by atoms with Gasteiger partial charge in [0.2, 0.25) is 0 Å². The smallest absolute Gasteiger partial charge is 0.344 e. The van der Waals surface area contributed by atoms with Gasteiger partial charge >= 0.3 is 5.97 Å². The average molecular weight is 421 g/mol. The van der Waals surface area contributed by atoms with Crippen LogP contribution >= 0.6 is 0 Å². The van der Waals surface area contributed by atoms with Crippen LogP contribution in [0.3, 0.4) is 0 Å². The first-order valence-corrected chi connectivity index (χ1v) is 10.8. The number of ether oxygens (including phenoxy) is 3. The zero-order chi connectivity index (χ0) is 22.4. The number of fused-ring (bicyclic) bond motifs is 1. The summed E-state index contributed by atoms with van der Waals surface area (Å²) in [4.78, 5) is 12.0. The highest BCUT2D eigenvalue weighted by molar-refractivity contribution is 5.93. The van der Waals surface area contributed by atoms with Gasteiger partial charge < -0.3 is 14.2 Å². The number of carbonyl (C=O) groups is 1. The standard InChI is InChI=1S/C27H32O4/c1-6-19(2)21-13-11-20(12-14-21)17-29-24-15-16-25(23-10-8-7-9-22(23)24)30-18-26(28)31-27(3,4)5/h7-16,19H,6,17-18H2,1-5H3. The largest absolute Gasteiger partial charge is 0.488 e. The molecule has 0 amide bonds. The summed E-state index contributed by atoms with van der Waals surface area (Å²) in [5, 5.41) is 1.84. The van der Waals surface area contributed by atoms with Crippen LogP contribution in [0.5, 0.6) is 11.5 Å². The van der Waals surface area contributed by atoms with E-state index in [1.165, 1.54) is 5.56 Å². The van der Waals surface area contributed by atoms with Crippen LogP contribution < -0.4 is 9.47 Å². The number of carbonyl (C=O) groups excluding carboxylic acids is 1. The lowest BCUT2D eigenvalue weighted by Gasteiger charge is -2.20. The lowest BCUT2D eigenvalue weighted by Crippen LogP contribution is -2.27. The Morgan fingerprint density at radius 1 is 0.871 bits per heavy atom. The van der Waals surface area contributed by atoms with Crippen LogP contribution in [0.25, 0.3) is 10.8 Å². The summed E-state index contributed by atoms with van der Waals surface area (Å²) in [6, 6.07) is 20.2. The van der Waals surface area contributed by atoms with Crippen molar-refractivity contribution in [1.29, 1.82) is 0 Å². The van der Waals surface area contributed by atoms with E-state index in [0.29, 0.717) is 18.3 Å². The highest BCUT2D eigenvalue weighted by Crippen LogP contribution is 2.33. The van der Waals surface area contributed by atoms with E-state index in [0.717, 1.165) is 28.5 Å². The summed E-state index contributed by atoms with van der Waals surface area (Å²) < 4.78 is 17.2. The topological polar surface area (TPSA) is 44.8 Å². The molecule has 0 saturated carbocycles. The zero-order valence-electron chi connectivity index (χ0n) is 19.1. The second-order valence-electron chi connectivity index (χ2n) is 8.82. The second kappa shape index (κ2) is 9.86. The molecule has 0 aliphatic heterocycles. The van der Waals surface area contributed by atoms with Crippen LogP contribution in [0.1, 0.15) is 58.1 Å². The summed E-state index contributed by atoms with van der Waals surface area (Å²) in [7, 11) is 0. The van der Waals surface area contributed by atoms with Gasteiger partial charge in [0.1, 0.15) is 23.7 Å². The number of hydrogen-bond acceptors (Lipinski definition) is 4. The van der Waals surface area contributed by atoms with Crippen molar-refractivity contribution in [2.75, 3.05) is 6.61 Å². The van der Waals surface area contributed by atoms with Crippen LogP contribution in [0.15, 0.2) is 60.7 Å². The minimum absolute atomic E-state index is 0.135. The summed E-state index contributed by atoms with van der Waals surface area (Å²) in [5.41, 5.74) is 1.94. The number of benzene rings is 3. The zero-order valence-corrected chi connectivity index (χ0v) is 19.1. The Balaban J connectivity index is 1.71. The van der Waals surface area contributed by atoms with E-state index in [4.69, 9.17) is 14.2 Å². The number of hydrogen-bond donors (Lipinski definition) is 0. The van der Waals surface area contributed by atoms with Crippen LogP contribution in [-0.2, 0) is 16.1 Å². The molecular weight excluding hydrogens is 388 g/mol. The summed E-state index contributed by atoms with van der Waals surface area (Å²) >= 11 is 0. The average Bonchev–Trinajstić information content (AvgIpc) is 2.75. The van der Waals surface area contributed by atoms with E-state index in [1.54, 1.807) is 0 Å². The molecule has 0 N–H and O–H groups in total. The fourth-order valence-electron chi connectivity index (χ4n) is 3.34. The van der Waals surface area contributed by atoms with Crippen molar-refractivity contribution < 1.29 is 19.0 Å². The third kappa shape index (κ3) is 6.24. The van der Waals surface area contributed by atoms with Gasteiger partial charge in [-0.2, -0.15) is 0 Å². The molecule has 164 valence electrons. The summed E-state index contributed by atoms with van der Waals surface area (Å²) in [6.45, 7) is 10.3. The Kier molecular flexibility index (Phi) is 7.21. The number of esters is 1. The van der Waals surface area contributed by atoms with Gasteiger partial charge in [0.05, 0.1) is 0 Å². The molecular formula is C27H32O4. The molecule has 3 rings (SSSR count). The van der Waals surface area contributed by atoms with Crippen molar-refractivity contribution in [1.82, 2.24) is 0 Å². The minimum atomic E-state index is -0.535. The molecule has 0 heterocycles. The van der Waals surface area contributed by atoms with Crippen molar-refractivity contribution in [2.24, 2.45) is 0 Å². The summed E-state index contributed by atoms with van der Waals surface area (Å²) in [6.07, 6.45) is 1.13. The highest BCUT2D eigenvalue weighted by atomic mass is 16.6. The maximum atomic E-state index is 12.0. The van der Waals surface area contributed by atoms with Gasteiger partial charge in [-0.25, -0.2) is 4.79 Å². The molecule has 1 atom stereocenters. The highest BCUT2D eigenvalue weighted by Gasteiger charge is 2.17. The van der Waals surface area contributed by atoms with Gasteiger partial charge in [0.25, 0.3) is 0 Å². The Bertz CT molecular complexity index is 1020. The summed E-state index contributed by atoms with van der Waals surface area (Å²) in [5.74, 6) is 1.59. The molecule has 3 aromatic rings. The molecule has 0 bridgehead atoms. The Hall–Kier alpha value is -3.01. The molecule has 31 heavy (non-hydrogen) atoms. The van der Waals surface area contributed by atoms with Gasteiger partial charge in [0.15, 0.2) is 6.61 Å². The van der Waals surface area contributed by atoms with Gasteiger partial charge in [-0.15, -0.1) is 0 Å². The van der Waals surface area contributed by atoms with Crippen molar-refractivity contribution in [3.8, 4) is 11.5 Å².